The lowest BCUT2D eigenvalue weighted by Crippen LogP contribution is -2.34. The summed E-state index contributed by atoms with van der Waals surface area (Å²) >= 11 is 0. The number of halogens is 2. The predicted molar refractivity (Wildman–Crippen MR) is 26.3 cm³/mol. The third kappa shape index (κ3) is 1.15. The van der Waals surface area contributed by atoms with Crippen molar-refractivity contribution in [3.8, 4) is 0 Å². The molecule has 1 nitrogen and oxygen atoms in total. The van der Waals surface area contributed by atoms with Gasteiger partial charge in [0.15, 0.2) is 0 Å². The van der Waals surface area contributed by atoms with Crippen LogP contribution in [0.3, 0.4) is 0 Å². The van der Waals surface area contributed by atoms with Gasteiger partial charge in [0.2, 0.25) is 0 Å². The van der Waals surface area contributed by atoms with Crippen LogP contribution in [0.2, 0.25) is 0 Å². The second-order valence-electron chi connectivity index (χ2n) is 1.95. The molecule has 1 radical (unpaired) electrons. The molecule has 2 atom stereocenters. The molecule has 0 spiro atoms. The van der Waals surface area contributed by atoms with Gasteiger partial charge in [0.05, 0.1) is 0 Å². The maximum atomic E-state index is 12.1. The summed E-state index contributed by atoms with van der Waals surface area (Å²) in [6, 6.07) is 0. The van der Waals surface area contributed by atoms with Crippen LogP contribution in [0.5, 0.6) is 0 Å². The Kier molecular flexibility index (Phi) is 1.78. The van der Waals surface area contributed by atoms with Crippen molar-refractivity contribution in [3.63, 3.8) is 0 Å². The molecule has 0 bridgehead atoms. The normalized spacial score (nSPS) is 39.8. The minimum atomic E-state index is -1.33. The van der Waals surface area contributed by atoms with Gasteiger partial charge < -0.3 is 0 Å². The van der Waals surface area contributed by atoms with Crippen LogP contribution in [0.1, 0.15) is 6.42 Å². The quantitative estimate of drug-likeness (QED) is 0.446. The Bertz CT molecular complexity index is 66.8. The number of rotatable bonds is 0. The van der Waals surface area contributed by atoms with E-state index in [4.69, 9.17) is 0 Å². The smallest absolute Gasteiger partial charge is 0.145 e. The van der Waals surface area contributed by atoms with Crippen molar-refractivity contribution in [1.82, 2.24) is 5.32 Å². The molecule has 1 aliphatic rings. The first-order valence-corrected chi connectivity index (χ1v) is 2.72. The first-order chi connectivity index (χ1) is 3.80. The highest BCUT2D eigenvalue weighted by Gasteiger charge is 2.23. The Labute approximate surface area is 47.1 Å². The monoisotopic (exact) mass is 120 g/mol. The van der Waals surface area contributed by atoms with E-state index in [1.165, 1.54) is 0 Å². The molecule has 3 heteroatoms. The molecule has 1 saturated heterocycles. The van der Waals surface area contributed by atoms with Gasteiger partial charge in [-0.2, -0.15) is 0 Å². The van der Waals surface area contributed by atoms with Crippen LogP contribution in [0, 0.1) is 0 Å². The first-order valence-electron chi connectivity index (χ1n) is 2.72. The van der Waals surface area contributed by atoms with Crippen LogP contribution in [0.25, 0.3) is 0 Å². The molecular weight excluding hydrogens is 112 g/mol. The molecular formula is C5H8F2N. The van der Waals surface area contributed by atoms with Gasteiger partial charge in [-0.15, -0.1) is 0 Å². The topological polar surface area (TPSA) is 14.1 Å². The van der Waals surface area contributed by atoms with Crippen molar-refractivity contribution in [2.24, 2.45) is 0 Å². The number of nitrogens with zero attached hydrogens (tertiary/aromatic N) is 1. The molecule has 0 aromatic carbocycles. The van der Waals surface area contributed by atoms with Gasteiger partial charge in [-0.1, -0.05) is 0 Å². The fraction of sp³-hybridized carbons (Fsp3) is 1.00. The number of alkyl halides is 2. The summed E-state index contributed by atoms with van der Waals surface area (Å²) in [5, 5.41) is 3.69. The van der Waals surface area contributed by atoms with Gasteiger partial charge in [-0.25, -0.2) is 14.1 Å². The highest BCUT2D eigenvalue weighted by Crippen LogP contribution is 2.10. The molecule has 1 heterocycles. The molecule has 0 aliphatic carbocycles. The molecule has 8 heavy (non-hydrogen) atoms. The van der Waals surface area contributed by atoms with Gasteiger partial charge >= 0.3 is 0 Å². The fourth-order valence-corrected chi connectivity index (χ4v) is 0.724. The molecule has 0 saturated carbocycles. The average molecular weight is 120 g/mol. The summed E-state index contributed by atoms with van der Waals surface area (Å²) in [6.07, 6.45) is -2.32. The second kappa shape index (κ2) is 2.40. The molecule has 1 aliphatic heterocycles. The highest BCUT2D eigenvalue weighted by molar-refractivity contribution is 4.76. The third-order valence-electron chi connectivity index (χ3n) is 1.26. The zero-order valence-electron chi connectivity index (χ0n) is 4.48. The van der Waals surface area contributed by atoms with Crippen molar-refractivity contribution in [2.45, 2.75) is 18.8 Å². The average Bonchev–Trinajstić information content (AvgIpc) is 1.77. The van der Waals surface area contributed by atoms with E-state index in [1.54, 1.807) is 0 Å². The molecule has 1 rings (SSSR count). The van der Waals surface area contributed by atoms with Gasteiger partial charge in [-0.3, -0.25) is 0 Å². The molecule has 2 unspecified atom stereocenters. The van der Waals surface area contributed by atoms with E-state index in [9.17, 15) is 8.78 Å². The van der Waals surface area contributed by atoms with Crippen LogP contribution >= 0.6 is 0 Å². The molecule has 0 aromatic rings. The zero-order chi connectivity index (χ0) is 5.98. The molecule has 1 fully saturated rings. The van der Waals surface area contributed by atoms with Gasteiger partial charge in [-0.05, 0) is 6.42 Å². The third-order valence-corrected chi connectivity index (χ3v) is 1.26. The standard InChI is InChI=1S/C5H8F2N/c6-4-1-2-8-3-5(4)7/h4-5H,1-3H2. The predicted octanol–water partition coefficient (Wildman–Crippen LogP) is 0.671. The van der Waals surface area contributed by atoms with Crippen LogP contribution in [-0.2, 0) is 0 Å². The Balaban J connectivity index is 2.28. The summed E-state index contributed by atoms with van der Waals surface area (Å²) in [7, 11) is 0. The second-order valence-corrected chi connectivity index (χ2v) is 1.95. The maximum absolute atomic E-state index is 12.1. The number of piperidine rings is 1. The van der Waals surface area contributed by atoms with Crippen LogP contribution in [0.4, 0.5) is 8.78 Å². The Morgan fingerprint density at radius 1 is 1.25 bits per heavy atom. The summed E-state index contributed by atoms with van der Waals surface area (Å²) in [5.74, 6) is 0. The summed E-state index contributed by atoms with van der Waals surface area (Å²) in [4.78, 5) is 0. The van der Waals surface area contributed by atoms with Crippen LogP contribution < -0.4 is 5.32 Å². The van der Waals surface area contributed by atoms with Gasteiger partial charge in [0.25, 0.3) is 0 Å². The van der Waals surface area contributed by atoms with E-state index in [0.29, 0.717) is 6.54 Å². The molecule has 47 valence electrons. The Morgan fingerprint density at radius 3 is 2.38 bits per heavy atom. The van der Waals surface area contributed by atoms with E-state index in [1.807, 2.05) is 0 Å². The van der Waals surface area contributed by atoms with Crippen molar-refractivity contribution in [1.29, 1.82) is 0 Å². The molecule has 0 amide bonds. The van der Waals surface area contributed by atoms with Gasteiger partial charge in [0, 0.05) is 13.1 Å². The highest BCUT2D eigenvalue weighted by atomic mass is 19.2. The molecule has 0 aromatic heterocycles. The summed E-state index contributed by atoms with van der Waals surface area (Å²) in [6.45, 7) is 0.544. The van der Waals surface area contributed by atoms with Crippen molar-refractivity contribution in [3.05, 3.63) is 0 Å². The zero-order valence-corrected chi connectivity index (χ0v) is 4.48. The van der Waals surface area contributed by atoms with E-state index < -0.39 is 12.3 Å². The van der Waals surface area contributed by atoms with E-state index in [2.05, 4.69) is 5.32 Å². The maximum Gasteiger partial charge on any atom is 0.145 e. The first kappa shape index (κ1) is 5.95. The Morgan fingerprint density at radius 2 is 2.00 bits per heavy atom. The van der Waals surface area contributed by atoms with E-state index >= 15 is 0 Å². The Hall–Kier alpha value is -0.180. The minimum absolute atomic E-state index is 0.0567. The minimum Gasteiger partial charge on any atom is -0.244 e. The lowest BCUT2D eigenvalue weighted by molar-refractivity contribution is 0.130. The number of hydrogen-bond acceptors (Lipinski definition) is 0. The summed E-state index contributed by atoms with van der Waals surface area (Å²) < 4.78 is 24.3. The van der Waals surface area contributed by atoms with Crippen molar-refractivity contribution < 1.29 is 8.78 Å². The number of hydrogen-bond donors (Lipinski definition) is 0. The molecule has 0 N–H and O–H groups in total. The largest absolute Gasteiger partial charge is 0.244 e. The van der Waals surface area contributed by atoms with Crippen LogP contribution in [0.15, 0.2) is 0 Å². The SMILES string of the molecule is FC1CC[N]CC1F. The summed E-state index contributed by atoms with van der Waals surface area (Å²) in [5.41, 5.74) is 0. The van der Waals surface area contributed by atoms with E-state index in [0.717, 1.165) is 0 Å². The van der Waals surface area contributed by atoms with E-state index in [-0.39, 0.29) is 13.0 Å². The van der Waals surface area contributed by atoms with Crippen LogP contribution in [-0.4, -0.2) is 25.4 Å². The van der Waals surface area contributed by atoms with Crippen molar-refractivity contribution in [2.75, 3.05) is 13.1 Å². The fourth-order valence-electron chi connectivity index (χ4n) is 0.724. The lowest BCUT2D eigenvalue weighted by atomic mass is 10.1. The lowest BCUT2D eigenvalue weighted by Gasteiger charge is -2.17. The van der Waals surface area contributed by atoms with Gasteiger partial charge in [0.1, 0.15) is 12.3 Å². The van der Waals surface area contributed by atoms with Crippen molar-refractivity contribution >= 4 is 0 Å².